The predicted octanol–water partition coefficient (Wildman–Crippen LogP) is 3.02. The summed E-state index contributed by atoms with van der Waals surface area (Å²) in [5, 5.41) is 2.99. The van der Waals surface area contributed by atoms with Gasteiger partial charge in [-0.25, -0.2) is 0 Å². The number of hydrogen-bond donors (Lipinski definition) is 2. The van der Waals surface area contributed by atoms with Crippen molar-refractivity contribution in [1.29, 1.82) is 0 Å². The topological polar surface area (TPSA) is 55.1 Å². The van der Waals surface area contributed by atoms with Crippen molar-refractivity contribution in [1.82, 2.24) is 5.32 Å². The van der Waals surface area contributed by atoms with Crippen LogP contribution in [0.1, 0.15) is 50.7 Å². The van der Waals surface area contributed by atoms with E-state index >= 15 is 0 Å². The highest BCUT2D eigenvalue weighted by Crippen LogP contribution is 2.14. The molecule has 0 saturated carbocycles. The van der Waals surface area contributed by atoms with Gasteiger partial charge in [0.05, 0.1) is 0 Å². The summed E-state index contributed by atoms with van der Waals surface area (Å²) in [7, 11) is 0. The second kappa shape index (κ2) is 9.54. The molecule has 1 unspecified atom stereocenters. The molecule has 1 aromatic rings. The minimum Gasteiger partial charge on any atom is -0.352 e. The van der Waals surface area contributed by atoms with Gasteiger partial charge in [0, 0.05) is 13.0 Å². The Morgan fingerprint density at radius 2 is 1.80 bits per heavy atom. The smallest absolute Gasteiger partial charge is 0.220 e. The lowest BCUT2D eigenvalue weighted by molar-refractivity contribution is -0.121. The number of aryl methyl sites for hydroxylation is 1. The van der Waals surface area contributed by atoms with Crippen LogP contribution in [-0.2, 0) is 17.8 Å². The average molecular weight is 276 g/mol. The summed E-state index contributed by atoms with van der Waals surface area (Å²) in [5.74, 6) is 0.717. The number of carbonyl (C=O) groups is 1. The Kier molecular flexibility index (Phi) is 7.97. The Hall–Kier alpha value is -1.35. The third-order valence-corrected chi connectivity index (χ3v) is 3.85. The zero-order chi connectivity index (χ0) is 14.8. The van der Waals surface area contributed by atoms with Gasteiger partial charge >= 0.3 is 0 Å². The predicted molar refractivity (Wildman–Crippen MR) is 84.4 cm³/mol. The summed E-state index contributed by atoms with van der Waals surface area (Å²) in [4.78, 5) is 11.8. The van der Waals surface area contributed by atoms with Gasteiger partial charge in [-0.1, -0.05) is 44.5 Å². The molecular weight excluding hydrogens is 248 g/mol. The first-order valence-corrected chi connectivity index (χ1v) is 7.74. The second-order valence-corrected chi connectivity index (χ2v) is 5.34. The molecule has 0 aliphatic rings. The highest BCUT2D eigenvalue weighted by atomic mass is 16.1. The van der Waals surface area contributed by atoms with Gasteiger partial charge in [0.2, 0.25) is 5.91 Å². The van der Waals surface area contributed by atoms with E-state index in [9.17, 15) is 4.79 Å². The van der Waals surface area contributed by atoms with E-state index in [-0.39, 0.29) is 5.91 Å². The van der Waals surface area contributed by atoms with Crippen LogP contribution >= 0.6 is 0 Å². The van der Waals surface area contributed by atoms with Gasteiger partial charge in [0.25, 0.3) is 0 Å². The van der Waals surface area contributed by atoms with Crippen LogP contribution in [0.4, 0.5) is 0 Å². The molecule has 3 N–H and O–H groups in total. The molecule has 0 aliphatic heterocycles. The molecule has 0 spiro atoms. The molecule has 0 saturated heterocycles. The van der Waals surface area contributed by atoms with E-state index in [0.717, 1.165) is 31.2 Å². The first-order valence-electron chi connectivity index (χ1n) is 7.74. The van der Waals surface area contributed by atoms with E-state index in [4.69, 9.17) is 5.73 Å². The standard InChI is InChI=1S/C17H28N2O/c1-3-14-5-7-16(8-6-14)13-19-17(20)10-9-15(4-2)11-12-18/h5-8,15H,3-4,9-13,18H2,1-2H3,(H,19,20). The van der Waals surface area contributed by atoms with Gasteiger partial charge < -0.3 is 11.1 Å². The third-order valence-electron chi connectivity index (χ3n) is 3.85. The average Bonchev–Trinajstić information content (AvgIpc) is 2.49. The normalized spacial score (nSPS) is 12.2. The van der Waals surface area contributed by atoms with Gasteiger partial charge in [-0.05, 0) is 42.9 Å². The zero-order valence-corrected chi connectivity index (χ0v) is 12.8. The molecule has 0 fully saturated rings. The molecule has 0 heterocycles. The van der Waals surface area contributed by atoms with E-state index in [0.29, 0.717) is 25.4 Å². The number of nitrogens with two attached hydrogens (primary N) is 1. The molecule has 1 rings (SSSR count). The van der Waals surface area contributed by atoms with Crippen LogP contribution in [0.2, 0.25) is 0 Å². The van der Waals surface area contributed by atoms with Crippen molar-refractivity contribution < 1.29 is 4.79 Å². The zero-order valence-electron chi connectivity index (χ0n) is 12.8. The maximum absolute atomic E-state index is 11.8. The molecular formula is C17H28N2O. The first kappa shape index (κ1) is 16.7. The van der Waals surface area contributed by atoms with Gasteiger partial charge in [-0.2, -0.15) is 0 Å². The summed E-state index contributed by atoms with van der Waals surface area (Å²) < 4.78 is 0. The fourth-order valence-electron chi connectivity index (χ4n) is 2.31. The van der Waals surface area contributed by atoms with Crippen molar-refractivity contribution in [3.63, 3.8) is 0 Å². The Morgan fingerprint density at radius 1 is 1.15 bits per heavy atom. The van der Waals surface area contributed by atoms with Gasteiger partial charge in [-0.3, -0.25) is 4.79 Å². The fourth-order valence-corrected chi connectivity index (χ4v) is 2.31. The summed E-state index contributed by atoms with van der Waals surface area (Å²) in [6.07, 6.45) is 4.71. The fraction of sp³-hybridized carbons (Fsp3) is 0.588. The van der Waals surface area contributed by atoms with Crippen LogP contribution in [0.25, 0.3) is 0 Å². The number of amides is 1. The van der Waals surface area contributed by atoms with Crippen LogP contribution < -0.4 is 11.1 Å². The van der Waals surface area contributed by atoms with Crippen molar-refractivity contribution in [2.75, 3.05) is 6.54 Å². The number of benzene rings is 1. The van der Waals surface area contributed by atoms with E-state index in [1.165, 1.54) is 5.56 Å². The van der Waals surface area contributed by atoms with Gasteiger partial charge in [0.15, 0.2) is 0 Å². The van der Waals surface area contributed by atoms with Crippen LogP contribution in [0.15, 0.2) is 24.3 Å². The van der Waals surface area contributed by atoms with Crippen LogP contribution in [0.5, 0.6) is 0 Å². The number of carbonyl (C=O) groups excluding carboxylic acids is 1. The van der Waals surface area contributed by atoms with Crippen molar-refractivity contribution >= 4 is 5.91 Å². The Bertz CT molecular complexity index is 386. The summed E-state index contributed by atoms with van der Waals surface area (Å²) in [6.45, 7) is 5.64. The molecule has 1 aromatic carbocycles. The van der Waals surface area contributed by atoms with E-state index < -0.39 is 0 Å². The van der Waals surface area contributed by atoms with Gasteiger partial charge in [-0.15, -0.1) is 0 Å². The van der Waals surface area contributed by atoms with E-state index in [1.807, 2.05) is 0 Å². The molecule has 0 aromatic heterocycles. The van der Waals surface area contributed by atoms with Crippen molar-refractivity contribution in [2.45, 2.75) is 52.5 Å². The number of rotatable bonds is 9. The quantitative estimate of drug-likeness (QED) is 0.728. The molecule has 1 amide bonds. The van der Waals surface area contributed by atoms with Gasteiger partial charge in [0.1, 0.15) is 0 Å². The lowest BCUT2D eigenvalue weighted by Crippen LogP contribution is -2.23. The molecule has 3 nitrogen and oxygen atoms in total. The van der Waals surface area contributed by atoms with Crippen LogP contribution in [0.3, 0.4) is 0 Å². The summed E-state index contributed by atoms with van der Waals surface area (Å²) >= 11 is 0. The van der Waals surface area contributed by atoms with E-state index in [1.54, 1.807) is 0 Å². The number of hydrogen-bond acceptors (Lipinski definition) is 2. The third kappa shape index (κ3) is 6.20. The largest absolute Gasteiger partial charge is 0.352 e. The Labute approximate surface area is 122 Å². The molecule has 0 radical (unpaired) electrons. The van der Waals surface area contributed by atoms with Crippen LogP contribution in [0, 0.1) is 5.92 Å². The molecule has 0 bridgehead atoms. The van der Waals surface area contributed by atoms with E-state index in [2.05, 4.69) is 43.4 Å². The highest BCUT2D eigenvalue weighted by molar-refractivity contribution is 5.75. The molecule has 112 valence electrons. The molecule has 20 heavy (non-hydrogen) atoms. The lowest BCUT2D eigenvalue weighted by atomic mass is 9.96. The minimum atomic E-state index is 0.139. The molecule has 3 heteroatoms. The van der Waals surface area contributed by atoms with Crippen LogP contribution in [-0.4, -0.2) is 12.5 Å². The first-order chi connectivity index (χ1) is 9.69. The summed E-state index contributed by atoms with van der Waals surface area (Å²) in [5.41, 5.74) is 8.05. The number of nitrogens with one attached hydrogen (secondary N) is 1. The lowest BCUT2D eigenvalue weighted by Gasteiger charge is -2.13. The summed E-state index contributed by atoms with van der Waals surface area (Å²) in [6, 6.07) is 8.41. The second-order valence-electron chi connectivity index (χ2n) is 5.34. The van der Waals surface area contributed by atoms with Crippen molar-refractivity contribution in [3.05, 3.63) is 35.4 Å². The Morgan fingerprint density at radius 3 is 2.35 bits per heavy atom. The Balaban J connectivity index is 2.28. The minimum absolute atomic E-state index is 0.139. The maximum atomic E-state index is 11.8. The monoisotopic (exact) mass is 276 g/mol. The van der Waals surface area contributed by atoms with Crippen molar-refractivity contribution in [3.8, 4) is 0 Å². The highest BCUT2D eigenvalue weighted by Gasteiger charge is 2.08. The van der Waals surface area contributed by atoms with Crippen molar-refractivity contribution in [2.24, 2.45) is 11.7 Å². The SMILES string of the molecule is CCc1ccc(CNC(=O)CCC(CC)CCN)cc1. The maximum Gasteiger partial charge on any atom is 0.220 e. The molecule has 0 aliphatic carbocycles. The molecule has 1 atom stereocenters.